The summed E-state index contributed by atoms with van der Waals surface area (Å²) >= 11 is 3.44. The summed E-state index contributed by atoms with van der Waals surface area (Å²) < 4.78 is 3.02. The zero-order chi connectivity index (χ0) is 14.7. The predicted octanol–water partition coefficient (Wildman–Crippen LogP) is 2.72. The fourth-order valence-corrected chi connectivity index (χ4v) is 2.37. The number of aryl methyl sites for hydroxylation is 1. The summed E-state index contributed by atoms with van der Waals surface area (Å²) in [6.07, 6.45) is 0. The van der Waals surface area contributed by atoms with E-state index in [0.717, 1.165) is 28.1 Å². The minimum Gasteiger partial charge on any atom is -0.395 e. The summed E-state index contributed by atoms with van der Waals surface area (Å²) in [6, 6.07) is 8.19. The van der Waals surface area contributed by atoms with Gasteiger partial charge in [-0.25, -0.2) is 4.68 Å². The molecule has 5 heteroatoms. The Morgan fingerprint density at radius 1 is 1.30 bits per heavy atom. The lowest BCUT2D eigenvalue weighted by atomic mass is 10.2. The summed E-state index contributed by atoms with van der Waals surface area (Å²) in [5, 5.41) is 17.0. The molecule has 1 aromatic carbocycles. The van der Waals surface area contributed by atoms with Crippen molar-refractivity contribution in [3.8, 4) is 5.69 Å². The van der Waals surface area contributed by atoms with Crippen molar-refractivity contribution in [2.24, 2.45) is 0 Å². The van der Waals surface area contributed by atoms with E-state index in [4.69, 9.17) is 5.11 Å². The van der Waals surface area contributed by atoms with E-state index in [1.807, 2.05) is 42.8 Å². The molecule has 0 aliphatic rings. The molecule has 0 aliphatic carbocycles. The molecule has 0 radical (unpaired) electrons. The van der Waals surface area contributed by atoms with Gasteiger partial charge < -0.3 is 10.4 Å². The van der Waals surface area contributed by atoms with Crippen molar-refractivity contribution in [3.05, 3.63) is 45.7 Å². The van der Waals surface area contributed by atoms with Crippen LogP contribution in [0.4, 0.5) is 0 Å². The number of hydrogen-bond acceptors (Lipinski definition) is 3. The smallest absolute Gasteiger partial charge is 0.0649 e. The van der Waals surface area contributed by atoms with Gasteiger partial charge in [0.15, 0.2) is 0 Å². The second kappa shape index (κ2) is 6.52. The molecule has 0 aliphatic heterocycles. The molecule has 0 amide bonds. The quantitative estimate of drug-likeness (QED) is 0.881. The van der Waals surface area contributed by atoms with Crippen molar-refractivity contribution in [1.82, 2.24) is 15.1 Å². The van der Waals surface area contributed by atoms with Gasteiger partial charge in [-0.2, -0.15) is 5.10 Å². The summed E-state index contributed by atoms with van der Waals surface area (Å²) in [7, 11) is 0. The minimum atomic E-state index is 0.0878. The molecular formula is C15H20BrN3O. The van der Waals surface area contributed by atoms with E-state index in [1.165, 1.54) is 5.56 Å². The van der Waals surface area contributed by atoms with E-state index in [-0.39, 0.29) is 12.6 Å². The number of nitrogens with zero attached hydrogens (tertiary/aromatic N) is 2. The van der Waals surface area contributed by atoms with Gasteiger partial charge in [-0.1, -0.05) is 15.9 Å². The highest BCUT2D eigenvalue weighted by molar-refractivity contribution is 9.10. The first-order valence-electron chi connectivity index (χ1n) is 6.68. The SMILES string of the molecule is Cc1nn(-c2ccc(Br)cc2)c(C)c1CNC(C)CO. The van der Waals surface area contributed by atoms with Gasteiger partial charge in [0.2, 0.25) is 0 Å². The topological polar surface area (TPSA) is 50.1 Å². The van der Waals surface area contributed by atoms with Crippen LogP contribution >= 0.6 is 15.9 Å². The predicted molar refractivity (Wildman–Crippen MR) is 84.1 cm³/mol. The molecule has 0 bridgehead atoms. The lowest BCUT2D eigenvalue weighted by Gasteiger charge is -2.11. The molecule has 0 fully saturated rings. The van der Waals surface area contributed by atoms with Gasteiger partial charge in [-0.05, 0) is 45.0 Å². The van der Waals surface area contributed by atoms with Crippen LogP contribution in [0.15, 0.2) is 28.7 Å². The molecule has 2 rings (SSSR count). The van der Waals surface area contributed by atoms with Crippen LogP contribution in [0.25, 0.3) is 5.69 Å². The Balaban J connectivity index is 2.26. The molecule has 0 saturated carbocycles. The highest BCUT2D eigenvalue weighted by Gasteiger charge is 2.13. The third kappa shape index (κ3) is 3.29. The molecule has 1 atom stereocenters. The Bertz CT molecular complexity index is 578. The number of aromatic nitrogens is 2. The second-order valence-electron chi connectivity index (χ2n) is 5.00. The number of nitrogens with one attached hydrogen (secondary N) is 1. The molecule has 0 saturated heterocycles. The van der Waals surface area contributed by atoms with E-state index < -0.39 is 0 Å². The number of aliphatic hydroxyl groups excluding tert-OH is 1. The van der Waals surface area contributed by atoms with Crippen molar-refractivity contribution in [2.45, 2.75) is 33.4 Å². The second-order valence-corrected chi connectivity index (χ2v) is 5.92. The Hall–Kier alpha value is -1.17. The van der Waals surface area contributed by atoms with E-state index in [0.29, 0.717) is 0 Å². The van der Waals surface area contributed by atoms with Crippen LogP contribution in [-0.4, -0.2) is 27.5 Å². The average molecular weight is 338 g/mol. The van der Waals surface area contributed by atoms with Crippen molar-refractivity contribution >= 4 is 15.9 Å². The number of benzene rings is 1. The monoisotopic (exact) mass is 337 g/mol. The van der Waals surface area contributed by atoms with Crippen molar-refractivity contribution in [3.63, 3.8) is 0 Å². The van der Waals surface area contributed by atoms with Crippen LogP contribution in [0.2, 0.25) is 0 Å². The summed E-state index contributed by atoms with van der Waals surface area (Å²) in [6.45, 7) is 6.91. The van der Waals surface area contributed by atoms with Gasteiger partial charge in [-0.3, -0.25) is 0 Å². The average Bonchev–Trinajstić information content (AvgIpc) is 2.72. The molecular weight excluding hydrogens is 318 g/mol. The van der Waals surface area contributed by atoms with Gasteiger partial charge in [0, 0.05) is 28.3 Å². The first kappa shape index (κ1) is 15.2. The van der Waals surface area contributed by atoms with E-state index in [2.05, 4.69) is 33.3 Å². The number of aliphatic hydroxyl groups is 1. The standard InChI is InChI=1S/C15H20BrN3O/c1-10(9-20)17-8-15-11(2)18-19(12(15)3)14-6-4-13(16)5-7-14/h4-7,10,17,20H,8-9H2,1-3H3. The number of hydrogen-bond donors (Lipinski definition) is 2. The number of rotatable bonds is 5. The molecule has 1 unspecified atom stereocenters. The first-order valence-corrected chi connectivity index (χ1v) is 7.47. The number of halogens is 1. The van der Waals surface area contributed by atoms with E-state index in [9.17, 15) is 0 Å². The van der Waals surface area contributed by atoms with Crippen molar-refractivity contribution in [1.29, 1.82) is 0 Å². The molecule has 1 heterocycles. The normalized spacial score (nSPS) is 12.7. The molecule has 20 heavy (non-hydrogen) atoms. The largest absolute Gasteiger partial charge is 0.395 e. The third-order valence-corrected chi connectivity index (χ3v) is 3.94. The minimum absolute atomic E-state index is 0.0878. The zero-order valence-corrected chi connectivity index (χ0v) is 13.6. The summed E-state index contributed by atoms with van der Waals surface area (Å²) in [5.74, 6) is 0. The summed E-state index contributed by atoms with van der Waals surface area (Å²) in [4.78, 5) is 0. The molecule has 1 aromatic heterocycles. The lowest BCUT2D eigenvalue weighted by molar-refractivity contribution is 0.251. The van der Waals surface area contributed by atoms with Crippen LogP contribution in [0.3, 0.4) is 0 Å². The van der Waals surface area contributed by atoms with Gasteiger partial charge in [-0.15, -0.1) is 0 Å². The fourth-order valence-electron chi connectivity index (χ4n) is 2.11. The zero-order valence-electron chi connectivity index (χ0n) is 12.0. The van der Waals surface area contributed by atoms with Crippen LogP contribution in [0.1, 0.15) is 23.9 Å². The third-order valence-electron chi connectivity index (χ3n) is 3.41. The Kier molecular flexibility index (Phi) is 4.96. The van der Waals surface area contributed by atoms with Gasteiger partial charge >= 0.3 is 0 Å². The Morgan fingerprint density at radius 2 is 1.95 bits per heavy atom. The maximum atomic E-state index is 9.07. The maximum Gasteiger partial charge on any atom is 0.0649 e. The summed E-state index contributed by atoms with van der Waals surface area (Å²) in [5.41, 5.74) is 4.38. The highest BCUT2D eigenvalue weighted by Crippen LogP contribution is 2.19. The molecule has 108 valence electrons. The van der Waals surface area contributed by atoms with Gasteiger partial charge in [0.1, 0.15) is 0 Å². The van der Waals surface area contributed by atoms with E-state index in [1.54, 1.807) is 0 Å². The first-order chi connectivity index (χ1) is 9.52. The van der Waals surface area contributed by atoms with E-state index >= 15 is 0 Å². The Morgan fingerprint density at radius 3 is 2.55 bits per heavy atom. The molecule has 2 aromatic rings. The fraction of sp³-hybridized carbons (Fsp3) is 0.400. The highest BCUT2D eigenvalue weighted by atomic mass is 79.9. The lowest BCUT2D eigenvalue weighted by Crippen LogP contribution is -2.29. The maximum absolute atomic E-state index is 9.07. The molecule has 2 N–H and O–H groups in total. The van der Waals surface area contributed by atoms with Crippen molar-refractivity contribution in [2.75, 3.05) is 6.61 Å². The van der Waals surface area contributed by atoms with Crippen LogP contribution in [0, 0.1) is 13.8 Å². The van der Waals surface area contributed by atoms with Crippen molar-refractivity contribution < 1.29 is 5.11 Å². The van der Waals surface area contributed by atoms with Gasteiger partial charge in [0.05, 0.1) is 18.0 Å². The van der Waals surface area contributed by atoms with Crippen LogP contribution in [-0.2, 0) is 6.54 Å². The molecule has 4 nitrogen and oxygen atoms in total. The Labute approximate surface area is 127 Å². The molecule has 0 spiro atoms. The van der Waals surface area contributed by atoms with Crippen LogP contribution in [0.5, 0.6) is 0 Å². The van der Waals surface area contributed by atoms with Gasteiger partial charge in [0.25, 0.3) is 0 Å². The van der Waals surface area contributed by atoms with Crippen LogP contribution < -0.4 is 5.32 Å².